The van der Waals surface area contributed by atoms with E-state index in [0.29, 0.717) is 18.0 Å². The van der Waals surface area contributed by atoms with Crippen molar-refractivity contribution in [1.29, 1.82) is 0 Å². The van der Waals surface area contributed by atoms with Crippen LogP contribution in [0.4, 0.5) is 10.2 Å². The largest absolute Gasteiger partial charge is 0.364 e. The van der Waals surface area contributed by atoms with Gasteiger partial charge in [0.15, 0.2) is 5.65 Å². The molecule has 6 nitrogen and oxygen atoms in total. The Morgan fingerprint density at radius 2 is 2.04 bits per heavy atom. The third-order valence-corrected chi connectivity index (χ3v) is 4.36. The molecule has 0 aliphatic carbocycles. The van der Waals surface area contributed by atoms with E-state index in [1.807, 2.05) is 12.3 Å². The van der Waals surface area contributed by atoms with Crippen molar-refractivity contribution in [2.75, 3.05) is 5.32 Å². The van der Waals surface area contributed by atoms with Crippen LogP contribution in [0.1, 0.15) is 10.7 Å². The smallest absolute Gasteiger partial charge is 0.168 e. The molecule has 3 heterocycles. The minimum atomic E-state index is -0.286. The van der Waals surface area contributed by atoms with Gasteiger partial charge in [-0.3, -0.25) is 0 Å². The van der Waals surface area contributed by atoms with E-state index in [0.717, 1.165) is 21.8 Å². The molecule has 120 valence electrons. The number of aromatic nitrogens is 5. The van der Waals surface area contributed by atoms with Gasteiger partial charge in [-0.1, -0.05) is 0 Å². The third kappa shape index (κ3) is 2.71. The number of halogens is 1. The molecule has 0 saturated carbocycles. The van der Waals surface area contributed by atoms with Gasteiger partial charge in [-0.05, 0) is 31.2 Å². The van der Waals surface area contributed by atoms with Gasteiger partial charge >= 0.3 is 0 Å². The number of fused-ring (bicyclic) bond motifs is 1. The van der Waals surface area contributed by atoms with E-state index in [4.69, 9.17) is 0 Å². The van der Waals surface area contributed by atoms with Crippen molar-refractivity contribution in [3.63, 3.8) is 0 Å². The minimum absolute atomic E-state index is 0.286. The summed E-state index contributed by atoms with van der Waals surface area (Å²) in [7, 11) is 0. The van der Waals surface area contributed by atoms with Gasteiger partial charge in [-0.25, -0.2) is 24.0 Å². The Morgan fingerprint density at radius 3 is 2.79 bits per heavy atom. The third-order valence-electron chi connectivity index (χ3n) is 3.54. The van der Waals surface area contributed by atoms with Crippen molar-refractivity contribution in [1.82, 2.24) is 24.7 Å². The van der Waals surface area contributed by atoms with Crippen LogP contribution in [0.2, 0.25) is 0 Å². The van der Waals surface area contributed by atoms with Crippen molar-refractivity contribution in [3.8, 4) is 5.69 Å². The van der Waals surface area contributed by atoms with E-state index in [1.165, 1.54) is 18.5 Å². The average Bonchev–Trinajstić information content (AvgIpc) is 3.20. The zero-order valence-corrected chi connectivity index (χ0v) is 13.6. The van der Waals surface area contributed by atoms with Crippen LogP contribution in [0, 0.1) is 12.7 Å². The van der Waals surface area contributed by atoms with Gasteiger partial charge in [0, 0.05) is 5.38 Å². The number of hydrogen-bond acceptors (Lipinski definition) is 6. The number of hydrogen-bond donors (Lipinski definition) is 1. The second kappa shape index (κ2) is 5.97. The highest BCUT2D eigenvalue weighted by Crippen LogP contribution is 2.22. The van der Waals surface area contributed by atoms with E-state index < -0.39 is 0 Å². The molecule has 0 aliphatic rings. The summed E-state index contributed by atoms with van der Waals surface area (Å²) in [6.07, 6.45) is 3.19. The standard InChI is InChI=1S/C16H13FN6S/c1-10-22-12(8-24-10)6-18-15-14-7-21-23(16(14)20-9-19-15)13-4-2-11(17)3-5-13/h2-5,7-9H,6H2,1H3,(H,18,19,20). The number of benzene rings is 1. The maximum Gasteiger partial charge on any atom is 0.168 e. The Kier molecular flexibility index (Phi) is 3.66. The molecule has 0 radical (unpaired) electrons. The molecule has 1 aromatic carbocycles. The monoisotopic (exact) mass is 340 g/mol. The fourth-order valence-corrected chi connectivity index (χ4v) is 3.03. The Balaban J connectivity index is 1.67. The lowest BCUT2D eigenvalue weighted by Gasteiger charge is -2.05. The molecular weight excluding hydrogens is 327 g/mol. The quantitative estimate of drug-likeness (QED) is 0.617. The molecule has 3 aromatic heterocycles. The van der Waals surface area contributed by atoms with Gasteiger partial charge in [0.25, 0.3) is 0 Å². The van der Waals surface area contributed by atoms with Gasteiger partial charge in [-0.15, -0.1) is 11.3 Å². The Bertz CT molecular complexity index is 991. The lowest BCUT2D eigenvalue weighted by Crippen LogP contribution is -2.03. The van der Waals surface area contributed by atoms with Crippen LogP contribution in [0.3, 0.4) is 0 Å². The molecule has 4 aromatic rings. The fourth-order valence-electron chi connectivity index (χ4n) is 2.42. The SMILES string of the molecule is Cc1nc(CNc2ncnc3c2cnn3-c2ccc(F)cc2)cs1. The molecule has 0 atom stereocenters. The van der Waals surface area contributed by atoms with Crippen LogP contribution in [-0.4, -0.2) is 24.7 Å². The molecule has 0 amide bonds. The molecule has 24 heavy (non-hydrogen) atoms. The predicted octanol–water partition coefficient (Wildman–Crippen LogP) is 3.33. The van der Waals surface area contributed by atoms with E-state index in [2.05, 4.69) is 25.4 Å². The topological polar surface area (TPSA) is 68.5 Å². The lowest BCUT2D eigenvalue weighted by atomic mass is 10.3. The fraction of sp³-hybridized carbons (Fsp3) is 0.125. The van der Waals surface area contributed by atoms with E-state index in [9.17, 15) is 4.39 Å². The van der Waals surface area contributed by atoms with Crippen LogP contribution in [0.15, 0.2) is 42.2 Å². The maximum atomic E-state index is 13.1. The summed E-state index contributed by atoms with van der Waals surface area (Å²) >= 11 is 1.61. The molecule has 0 bridgehead atoms. The van der Waals surface area contributed by atoms with Crippen LogP contribution in [0.25, 0.3) is 16.7 Å². The first-order chi connectivity index (χ1) is 11.7. The minimum Gasteiger partial charge on any atom is -0.364 e. The molecule has 0 saturated heterocycles. The van der Waals surface area contributed by atoms with Gasteiger partial charge < -0.3 is 5.32 Å². The first kappa shape index (κ1) is 14.7. The summed E-state index contributed by atoms with van der Waals surface area (Å²) in [5.41, 5.74) is 2.37. The van der Waals surface area contributed by atoms with Gasteiger partial charge in [0.05, 0.1) is 34.5 Å². The van der Waals surface area contributed by atoms with Crippen molar-refractivity contribution in [3.05, 3.63) is 58.7 Å². The van der Waals surface area contributed by atoms with Crippen molar-refractivity contribution >= 4 is 28.2 Å². The van der Waals surface area contributed by atoms with Crippen molar-refractivity contribution < 1.29 is 4.39 Å². The van der Waals surface area contributed by atoms with E-state index in [1.54, 1.807) is 34.3 Å². The number of aryl methyl sites for hydroxylation is 1. The highest BCUT2D eigenvalue weighted by molar-refractivity contribution is 7.09. The lowest BCUT2D eigenvalue weighted by molar-refractivity contribution is 0.627. The maximum absolute atomic E-state index is 13.1. The molecule has 0 fully saturated rings. The zero-order chi connectivity index (χ0) is 16.5. The van der Waals surface area contributed by atoms with Crippen LogP contribution < -0.4 is 5.32 Å². The summed E-state index contributed by atoms with van der Waals surface area (Å²) in [4.78, 5) is 13.0. The molecule has 8 heteroatoms. The summed E-state index contributed by atoms with van der Waals surface area (Å²) in [5.74, 6) is 0.407. The summed E-state index contributed by atoms with van der Waals surface area (Å²) in [6.45, 7) is 2.56. The molecule has 4 rings (SSSR count). The molecular formula is C16H13FN6S. The van der Waals surface area contributed by atoms with Gasteiger partial charge in [0.1, 0.15) is 18.0 Å². The summed E-state index contributed by atoms with van der Waals surface area (Å²) in [6, 6.07) is 6.12. The number of anilines is 1. The average molecular weight is 340 g/mol. The first-order valence-electron chi connectivity index (χ1n) is 7.30. The summed E-state index contributed by atoms with van der Waals surface area (Å²) < 4.78 is 14.8. The normalized spacial score (nSPS) is 11.1. The Labute approximate surface area is 141 Å². The van der Waals surface area contributed by atoms with Crippen LogP contribution >= 0.6 is 11.3 Å². The highest BCUT2D eigenvalue weighted by atomic mass is 32.1. The second-order valence-electron chi connectivity index (χ2n) is 5.20. The van der Waals surface area contributed by atoms with Gasteiger partial charge in [0.2, 0.25) is 0 Å². The first-order valence-corrected chi connectivity index (χ1v) is 8.18. The number of thiazole rings is 1. The van der Waals surface area contributed by atoms with Gasteiger partial charge in [-0.2, -0.15) is 5.10 Å². The zero-order valence-electron chi connectivity index (χ0n) is 12.8. The van der Waals surface area contributed by atoms with Crippen LogP contribution in [-0.2, 0) is 6.54 Å². The summed E-state index contributed by atoms with van der Waals surface area (Å²) in [5, 5.41) is 11.5. The highest BCUT2D eigenvalue weighted by Gasteiger charge is 2.11. The van der Waals surface area contributed by atoms with E-state index in [-0.39, 0.29) is 5.82 Å². The molecule has 0 unspecified atom stereocenters. The number of nitrogens with zero attached hydrogens (tertiary/aromatic N) is 5. The predicted molar refractivity (Wildman–Crippen MR) is 90.8 cm³/mol. The second-order valence-corrected chi connectivity index (χ2v) is 6.27. The molecule has 1 N–H and O–H groups in total. The number of rotatable bonds is 4. The Hall–Kier alpha value is -2.87. The molecule has 0 aliphatic heterocycles. The Morgan fingerprint density at radius 1 is 1.21 bits per heavy atom. The molecule has 0 spiro atoms. The van der Waals surface area contributed by atoms with Crippen molar-refractivity contribution in [2.45, 2.75) is 13.5 Å². The van der Waals surface area contributed by atoms with Crippen molar-refractivity contribution in [2.24, 2.45) is 0 Å². The van der Waals surface area contributed by atoms with E-state index >= 15 is 0 Å². The van der Waals surface area contributed by atoms with Crippen LogP contribution in [0.5, 0.6) is 0 Å². The number of nitrogens with one attached hydrogen (secondary N) is 1.